The van der Waals surface area contributed by atoms with Crippen LogP contribution in [0.2, 0.25) is 0 Å². The van der Waals surface area contributed by atoms with E-state index in [1.165, 1.54) is 18.2 Å². The Hall–Kier alpha value is -3.66. The van der Waals surface area contributed by atoms with E-state index in [4.69, 9.17) is 9.52 Å². The number of carboxylic acid groups (broad SMARTS) is 1. The molecule has 184 valence electrons. The molecule has 0 spiro atoms. The van der Waals surface area contributed by atoms with E-state index < -0.39 is 23.8 Å². The Bertz CT molecular complexity index is 971. The molecule has 1 aromatic heterocycles. The van der Waals surface area contributed by atoms with Crippen LogP contribution in [-0.2, 0) is 9.59 Å². The summed E-state index contributed by atoms with van der Waals surface area (Å²) in [5, 5.41) is 24.6. The lowest BCUT2D eigenvalue weighted by Crippen LogP contribution is -2.47. The van der Waals surface area contributed by atoms with Crippen LogP contribution in [0.1, 0.15) is 66.9 Å². The monoisotopic (exact) mass is 473 g/mol. The number of aromatic carboxylic acids is 1. The molecule has 1 aromatic carbocycles. The molecule has 0 aliphatic heterocycles. The van der Waals surface area contributed by atoms with Gasteiger partial charge >= 0.3 is 5.97 Å². The van der Waals surface area contributed by atoms with E-state index in [2.05, 4.69) is 10.6 Å². The van der Waals surface area contributed by atoms with Gasteiger partial charge in [0.2, 0.25) is 12.3 Å². The SMILES string of the molecule is CCCCCC(C(=O)NCNC(=O)c1ccc(-c2ccc(C(=O)O)cc2)o1)[C@@H](CC)N(O)C=O. The largest absolute Gasteiger partial charge is 0.478 e. The minimum atomic E-state index is -1.04. The van der Waals surface area contributed by atoms with Crippen LogP contribution in [0.5, 0.6) is 0 Å². The maximum Gasteiger partial charge on any atom is 0.335 e. The number of carbonyl (C=O) groups excluding carboxylic acids is 3. The van der Waals surface area contributed by atoms with Crippen molar-refractivity contribution >= 4 is 24.2 Å². The first-order chi connectivity index (χ1) is 16.3. The molecule has 0 radical (unpaired) electrons. The van der Waals surface area contributed by atoms with Gasteiger partial charge in [-0.15, -0.1) is 0 Å². The van der Waals surface area contributed by atoms with Gasteiger partial charge in [0.05, 0.1) is 24.2 Å². The third-order valence-electron chi connectivity index (χ3n) is 5.54. The molecule has 2 atom stereocenters. The highest BCUT2D eigenvalue weighted by atomic mass is 16.5. The second-order valence-corrected chi connectivity index (χ2v) is 7.83. The highest BCUT2D eigenvalue weighted by molar-refractivity contribution is 5.92. The predicted octanol–water partition coefficient (Wildman–Crippen LogP) is 3.27. The Morgan fingerprint density at radius 3 is 2.35 bits per heavy atom. The van der Waals surface area contributed by atoms with Crippen LogP contribution >= 0.6 is 0 Å². The van der Waals surface area contributed by atoms with Gasteiger partial charge in [-0.1, -0.05) is 45.2 Å². The Balaban J connectivity index is 1.96. The zero-order valence-electron chi connectivity index (χ0n) is 19.3. The minimum Gasteiger partial charge on any atom is -0.478 e. The second-order valence-electron chi connectivity index (χ2n) is 7.83. The molecule has 2 aromatic rings. The van der Waals surface area contributed by atoms with E-state index in [0.29, 0.717) is 35.6 Å². The maximum absolute atomic E-state index is 12.8. The van der Waals surface area contributed by atoms with E-state index >= 15 is 0 Å². The molecule has 10 nitrogen and oxygen atoms in total. The molecule has 3 amide bonds. The third-order valence-corrected chi connectivity index (χ3v) is 5.54. The van der Waals surface area contributed by atoms with Crippen molar-refractivity contribution < 1.29 is 33.9 Å². The summed E-state index contributed by atoms with van der Waals surface area (Å²) in [5.41, 5.74) is 0.751. The van der Waals surface area contributed by atoms with Gasteiger partial charge in [0.1, 0.15) is 5.76 Å². The number of carboxylic acids is 1. The van der Waals surface area contributed by atoms with Crippen molar-refractivity contribution in [2.45, 2.75) is 52.0 Å². The Morgan fingerprint density at radius 1 is 1.06 bits per heavy atom. The summed E-state index contributed by atoms with van der Waals surface area (Å²) in [6.45, 7) is 3.66. The van der Waals surface area contributed by atoms with E-state index in [-0.39, 0.29) is 23.9 Å². The van der Waals surface area contributed by atoms with Crippen LogP contribution in [0.4, 0.5) is 0 Å². The predicted molar refractivity (Wildman–Crippen MR) is 123 cm³/mol. The molecule has 0 aliphatic rings. The van der Waals surface area contributed by atoms with Crippen LogP contribution in [0, 0.1) is 5.92 Å². The molecular formula is C24H31N3O7. The molecule has 10 heteroatoms. The topological polar surface area (TPSA) is 149 Å². The van der Waals surface area contributed by atoms with Crippen molar-refractivity contribution in [3.05, 3.63) is 47.7 Å². The number of nitrogens with one attached hydrogen (secondary N) is 2. The minimum absolute atomic E-state index is 0.0278. The standard InChI is InChI=1S/C24H31N3O7/c1-3-5-6-7-18(19(4-2)27(33)15-28)22(29)25-14-26-23(30)21-13-12-20(34-21)16-8-10-17(11-9-16)24(31)32/h8-13,15,18-19,33H,3-7,14H2,1-2H3,(H,25,29)(H,26,30)(H,31,32)/t18?,19-/m1/s1. The molecule has 0 bridgehead atoms. The zero-order chi connectivity index (χ0) is 25.1. The Morgan fingerprint density at radius 2 is 1.76 bits per heavy atom. The summed E-state index contributed by atoms with van der Waals surface area (Å²) in [6.07, 6.45) is 3.84. The molecular weight excluding hydrogens is 442 g/mol. The molecule has 0 aliphatic carbocycles. The smallest absolute Gasteiger partial charge is 0.335 e. The van der Waals surface area contributed by atoms with Crippen LogP contribution < -0.4 is 10.6 Å². The number of hydrogen-bond acceptors (Lipinski definition) is 6. The molecule has 0 saturated heterocycles. The lowest BCUT2D eigenvalue weighted by molar-refractivity contribution is -0.168. The summed E-state index contributed by atoms with van der Waals surface area (Å²) >= 11 is 0. The molecule has 2 rings (SSSR count). The van der Waals surface area contributed by atoms with Gasteiger partial charge < -0.3 is 20.2 Å². The number of nitrogens with zero attached hydrogens (tertiary/aromatic N) is 1. The molecule has 0 fully saturated rings. The van der Waals surface area contributed by atoms with Crippen molar-refractivity contribution in [2.75, 3.05) is 6.67 Å². The van der Waals surface area contributed by atoms with Crippen molar-refractivity contribution in [1.29, 1.82) is 0 Å². The zero-order valence-corrected chi connectivity index (χ0v) is 19.3. The van der Waals surface area contributed by atoms with Gasteiger partial charge in [-0.05, 0) is 37.1 Å². The summed E-state index contributed by atoms with van der Waals surface area (Å²) in [5.74, 6) is -2.15. The normalized spacial score (nSPS) is 12.4. The first kappa shape index (κ1) is 26.6. The first-order valence-corrected chi connectivity index (χ1v) is 11.2. The average Bonchev–Trinajstić information content (AvgIpc) is 3.33. The van der Waals surface area contributed by atoms with E-state index in [1.54, 1.807) is 25.1 Å². The average molecular weight is 474 g/mol. The van der Waals surface area contributed by atoms with E-state index in [9.17, 15) is 24.4 Å². The number of unbranched alkanes of at least 4 members (excludes halogenated alkanes) is 2. The van der Waals surface area contributed by atoms with E-state index in [1.807, 2.05) is 6.92 Å². The number of benzene rings is 1. The number of hydrogen-bond donors (Lipinski definition) is 4. The number of hydroxylamine groups is 2. The highest BCUT2D eigenvalue weighted by Gasteiger charge is 2.30. The van der Waals surface area contributed by atoms with E-state index in [0.717, 1.165) is 19.3 Å². The van der Waals surface area contributed by atoms with Gasteiger partial charge in [-0.25, -0.2) is 9.86 Å². The van der Waals surface area contributed by atoms with Gasteiger partial charge in [-0.2, -0.15) is 0 Å². The fourth-order valence-electron chi connectivity index (χ4n) is 3.67. The Labute approximate surface area is 197 Å². The molecule has 34 heavy (non-hydrogen) atoms. The van der Waals surface area contributed by atoms with Gasteiger partial charge in [0.15, 0.2) is 5.76 Å². The number of carbonyl (C=O) groups is 4. The Kier molecular flexibility index (Phi) is 10.3. The van der Waals surface area contributed by atoms with Crippen molar-refractivity contribution in [2.24, 2.45) is 5.92 Å². The summed E-state index contributed by atoms with van der Waals surface area (Å²) in [4.78, 5) is 47.2. The summed E-state index contributed by atoms with van der Waals surface area (Å²) in [7, 11) is 0. The lowest BCUT2D eigenvalue weighted by atomic mass is 9.90. The molecule has 1 unspecified atom stereocenters. The summed E-state index contributed by atoms with van der Waals surface area (Å²) < 4.78 is 5.55. The van der Waals surface area contributed by atoms with Gasteiger partial charge in [0, 0.05) is 5.56 Å². The number of furan rings is 1. The number of rotatable bonds is 14. The first-order valence-electron chi connectivity index (χ1n) is 11.2. The maximum atomic E-state index is 12.8. The van der Waals surface area contributed by atoms with Crippen LogP contribution in [0.15, 0.2) is 40.8 Å². The second kappa shape index (κ2) is 13.1. The molecule has 1 heterocycles. The highest BCUT2D eigenvalue weighted by Crippen LogP contribution is 2.23. The van der Waals surface area contributed by atoms with Gasteiger partial charge in [-0.3, -0.25) is 19.6 Å². The number of amides is 3. The fraction of sp³-hybridized carbons (Fsp3) is 0.417. The quantitative estimate of drug-likeness (QED) is 0.108. The summed E-state index contributed by atoms with van der Waals surface area (Å²) in [6, 6.07) is 8.45. The van der Waals surface area contributed by atoms with Crippen molar-refractivity contribution in [3.63, 3.8) is 0 Å². The van der Waals surface area contributed by atoms with Crippen LogP contribution in [-0.4, -0.2) is 52.3 Å². The fourth-order valence-corrected chi connectivity index (χ4v) is 3.67. The van der Waals surface area contributed by atoms with Crippen LogP contribution in [0.25, 0.3) is 11.3 Å². The van der Waals surface area contributed by atoms with Crippen molar-refractivity contribution in [1.82, 2.24) is 15.7 Å². The molecule has 4 N–H and O–H groups in total. The van der Waals surface area contributed by atoms with Crippen LogP contribution in [0.3, 0.4) is 0 Å². The molecule has 0 saturated carbocycles. The van der Waals surface area contributed by atoms with Gasteiger partial charge in [0.25, 0.3) is 5.91 Å². The lowest BCUT2D eigenvalue weighted by Gasteiger charge is -2.29. The third kappa shape index (κ3) is 7.17. The van der Waals surface area contributed by atoms with Crippen molar-refractivity contribution in [3.8, 4) is 11.3 Å².